The molecule has 0 spiro atoms. The Morgan fingerprint density at radius 3 is 2.82 bits per heavy atom. The molecule has 2 aliphatic carbocycles. The van der Waals surface area contributed by atoms with E-state index in [1.54, 1.807) is 13.2 Å². The highest BCUT2D eigenvalue weighted by Gasteiger charge is 2.48. The molecule has 3 aliphatic rings. The maximum Gasteiger partial charge on any atom is 0.229 e. The first-order valence-corrected chi connectivity index (χ1v) is 12.0. The van der Waals surface area contributed by atoms with E-state index in [1.165, 1.54) is 0 Å². The van der Waals surface area contributed by atoms with Gasteiger partial charge in [-0.2, -0.15) is 4.98 Å². The summed E-state index contributed by atoms with van der Waals surface area (Å²) in [6.45, 7) is 4.28. The van der Waals surface area contributed by atoms with Crippen molar-refractivity contribution in [3.05, 3.63) is 47.1 Å². The molecule has 8 nitrogen and oxygen atoms in total. The van der Waals surface area contributed by atoms with Gasteiger partial charge in [-0.3, -0.25) is 9.59 Å². The van der Waals surface area contributed by atoms with E-state index >= 15 is 0 Å². The summed E-state index contributed by atoms with van der Waals surface area (Å²) < 4.78 is 0. The number of anilines is 4. The topological polar surface area (TPSA) is 108 Å². The predicted molar refractivity (Wildman–Crippen MR) is 133 cm³/mol. The van der Waals surface area contributed by atoms with Gasteiger partial charge in [0, 0.05) is 30.9 Å². The molecule has 2 heterocycles. The fraction of sp³-hybridized carbons (Fsp3) is 0.440. The lowest BCUT2D eigenvalue weighted by atomic mass is 9.80. The number of carbonyl (C=O) groups excluding carboxylic acids is 2. The normalized spacial score (nSPS) is 26.4. The number of fused-ring (bicyclic) bond motifs is 3. The third kappa shape index (κ3) is 4.11. The lowest BCUT2D eigenvalue weighted by Gasteiger charge is -2.28. The van der Waals surface area contributed by atoms with Crippen molar-refractivity contribution in [1.82, 2.24) is 15.3 Å². The van der Waals surface area contributed by atoms with Crippen LogP contribution in [0.3, 0.4) is 0 Å². The van der Waals surface area contributed by atoms with E-state index in [0.717, 1.165) is 29.8 Å². The molecule has 1 aromatic heterocycles. The highest BCUT2D eigenvalue weighted by molar-refractivity contribution is 6.32. The summed E-state index contributed by atoms with van der Waals surface area (Å²) in [6, 6.07) is 5.77. The van der Waals surface area contributed by atoms with Crippen LogP contribution in [-0.2, 0) is 15.0 Å². The minimum absolute atomic E-state index is 0.0255. The van der Waals surface area contributed by atoms with Crippen molar-refractivity contribution >= 4 is 46.6 Å². The molecule has 5 rings (SSSR count). The maximum atomic E-state index is 12.5. The monoisotopic (exact) mass is 480 g/mol. The molecule has 2 aromatic rings. The predicted octanol–water partition coefficient (Wildman–Crippen LogP) is 4.23. The number of allylic oxidation sites excluding steroid dienone is 1. The van der Waals surface area contributed by atoms with Crippen molar-refractivity contribution < 1.29 is 9.59 Å². The third-order valence-electron chi connectivity index (χ3n) is 7.31. The number of hydrogen-bond acceptors (Lipinski definition) is 6. The van der Waals surface area contributed by atoms with Crippen LogP contribution in [-0.4, -0.2) is 34.9 Å². The molecule has 4 unspecified atom stereocenters. The molecule has 4 N–H and O–H groups in total. The van der Waals surface area contributed by atoms with Gasteiger partial charge >= 0.3 is 0 Å². The van der Waals surface area contributed by atoms with Crippen LogP contribution in [0.4, 0.5) is 23.1 Å². The smallest absolute Gasteiger partial charge is 0.229 e. The van der Waals surface area contributed by atoms with E-state index in [1.807, 2.05) is 18.2 Å². The second-order valence-electron chi connectivity index (χ2n) is 9.97. The Hall–Kier alpha value is -3.13. The molecule has 2 amide bonds. The summed E-state index contributed by atoms with van der Waals surface area (Å²) in [7, 11) is 1.67. The van der Waals surface area contributed by atoms with Crippen molar-refractivity contribution in [1.29, 1.82) is 0 Å². The largest absolute Gasteiger partial charge is 0.365 e. The van der Waals surface area contributed by atoms with Gasteiger partial charge in [0.15, 0.2) is 5.82 Å². The quantitative estimate of drug-likeness (QED) is 0.477. The minimum atomic E-state index is -0.163. The van der Waals surface area contributed by atoms with Crippen molar-refractivity contribution in [2.24, 2.45) is 17.8 Å². The van der Waals surface area contributed by atoms with Gasteiger partial charge in [0.25, 0.3) is 0 Å². The molecular weight excluding hydrogens is 452 g/mol. The van der Waals surface area contributed by atoms with Gasteiger partial charge in [-0.25, -0.2) is 4.98 Å². The van der Waals surface area contributed by atoms with Crippen LogP contribution in [0.1, 0.15) is 38.7 Å². The van der Waals surface area contributed by atoms with E-state index in [2.05, 4.69) is 57.2 Å². The van der Waals surface area contributed by atoms with Crippen LogP contribution in [0.15, 0.2) is 36.5 Å². The molecule has 1 saturated carbocycles. The Labute approximate surface area is 204 Å². The standard InChI is InChI=1S/C25H29ClN6O2/c1-25(2)9-8-19(33)30-18-7-6-15(11-16(18)25)29-24-28-12-17(26)22(32-24)31-21-14-5-4-13(10-14)20(21)23(34)27-3/h4-7,11-14,20-21H,8-10H2,1-3H3,(H,27,34)(H,30,33)(H2,28,29,31,32). The molecule has 1 fully saturated rings. The van der Waals surface area contributed by atoms with Crippen molar-refractivity contribution in [2.75, 3.05) is 23.0 Å². The summed E-state index contributed by atoms with van der Waals surface area (Å²) >= 11 is 6.43. The number of halogens is 1. The van der Waals surface area contributed by atoms with Gasteiger partial charge in [-0.15, -0.1) is 0 Å². The summed E-state index contributed by atoms with van der Waals surface area (Å²) in [5.74, 6) is 1.29. The first-order valence-electron chi connectivity index (χ1n) is 11.7. The molecule has 0 radical (unpaired) electrons. The Morgan fingerprint density at radius 1 is 1.24 bits per heavy atom. The summed E-state index contributed by atoms with van der Waals surface area (Å²) in [5, 5.41) is 12.9. The Kier molecular flexibility index (Phi) is 5.72. The second-order valence-corrected chi connectivity index (χ2v) is 10.4. The number of rotatable bonds is 5. The summed E-state index contributed by atoms with van der Waals surface area (Å²) in [5.41, 5.74) is 2.58. The van der Waals surface area contributed by atoms with Gasteiger partial charge in [0.2, 0.25) is 17.8 Å². The van der Waals surface area contributed by atoms with Crippen LogP contribution in [0.25, 0.3) is 0 Å². The van der Waals surface area contributed by atoms with Crippen LogP contribution in [0, 0.1) is 17.8 Å². The minimum Gasteiger partial charge on any atom is -0.365 e. The van der Waals surface area contributed by atoms with Gasteiger partial charge in [0.1, 0.15) is 5.02 Å². The lowest BCUT2D eigenvalue weighted by molar-refractivity contribution is -0.125. The molecule has 1 aliphatic heterocycles. The molecule has 4 atom stereocenters. The molecule has 34 heavy (non-hydrogen) atoms. The van der Waals surface area contributed by atoms with Gasteiger partial charge in [-0.1, -0.05) is 37.6 Å². The van der Waals surface area contributed by atoms with E-state index in [-0.39, 0.29) is 41.0 Å². The van der Waals surface area contributed by atoms with Gasteiger partial charge < -0.3 is 21.3 Å². The molecule has 1 aromatic carbocycles. The Balaban J connectivity index is 1.39. The number of hydrogen-bond donors (Lipinski definition) is 4. The van der Waals surface area contributed by atoms with Gasteiger partial charge in [-0.05, 0) is 53.9 Å². The van der Waals surface area contributed by atoms with Crippen LogP contribution >= 0.6 is 11.6 Å². The van der Waals surface area contributed by atoms with Gasteiger partial charge in [0.05, 0.1) is 12.1 Å². The number of carbonyl (C=O) groups is 2. The highest BCUT2D eigenvalue weighted by atomic mass is 35.5. The number of nitrogens with zero attached hydrogens (tertiary/aromatic N) is 2. The van der Waals surface area contributed by atoms with E-state index in [0.29, 0.717) is 23.2 Å². The average Bonchev–Trinajstić information content (AvgIpc) is 3.39. The third-order valence-corrected chi connectivity index (χ3v) is 7.59. The molecule has 0 saturated heterocycles. The number of aromatic nitrogens is 2. The van der Waals surface area contributed by atoms with E-state index in [4.69, 9.17) is 11.6 Å². The second kappa shape index (κ2) is 8.58. The Morgan fingerprint density at radius 2 is 2.03 bits per heavy atom. The first kappa shape index (κ1) is 22.7. The molecule has 2 bridgehead atoms. The zero-order chi connectivity index (χ0) is 24.0. The van der Waals surface area contributed by atoms with E-state index in [9.17, 15) is 9.59 Å². The van der Waals surface area contributed by atoms with E-state index < -0.39 is 0 Å². The van der Waals surface area contributed by atoms with Crippen molar-refractivity contribution in [3.8, 4) is 0 Å². The molecule has 9 heteroatoms. The summed E-state index contributed by atoms with van der Waals surface area (Å²) in [6.07, 6.45) is 8.09. The zero-order valence-corrected chi connectivity index (χ0v) is 20.2. The fourth-order valence-corrected chi connectivity index (χ4v) is 5.57. The Bertz CT molecular complexity index is 1180. The number of amides is 2. The maximum absolute atomic E-state index is 12.5. The van der Waals surface area contributed by atoms with Crippen molar-refractivity contribution in [3.63, 3.8) is 0 Å². The SMILES string of the molecule is CNC(=O)C1C2C=CC(C2)C1Nc1nc(Nc2ccc3c(c2)C(C)(C)CCC(=O)N3)ncc1Cl. The summed E-state index contributed by atoms with van der Waals surface area (Å²) in [4.78, 5) is 33.6. The molecule has 178 valence electrons. The zero-order valence-electron chi connectivity index (χ0n) is 19.5. The number of benzene rings is 1. The van der Waals surface area contributed by atoms with Crippen LogP contribution in [0.2, 0.25) is 5.02 Å². The number of nitrogens with one attached hydrogen (secondary N) is 4. The molecular formula is C25H29ClN6O2. The lowest BCUT2D eigenvalue weighted by Crippen LogP contribution is -2.42. The van der Waals surface area contributed by atoms with Crippen LogP contribution < -0.4 is 21.3 Å². The highest BCUT2D eigenvalue weighted by Crippen LogP contribution is 2.45. The average molecular weight is 481 g/mol. The van der Waals surface area contributed by atoms with Crippen LogP contribution in [0.5, 0.6) is 0 Å². The van der Waals surface area contributed by atoms with Crippen molar-refractivity contribution in [2.45, 2.75) is 44.6 Å². The first-order chi connectivity index (χ1) is 16.2. The fourth-order valence-electron chi connectivity index (χ4n) is 5.42.